The van der Waals surface area contributed by atoms with Crippen LogP contribution in [0.1, 0.15) is 0 Å². The molecule has 0 amide bonds. The van der Waals surface area contributed by atoms with Crippen LogP contribution in [0.15, 0.2) is 243 Å². The summed E-state index contributed by atoms with van der Waals surface area (Å²) in [7, 11) is -1.39. The molecule has 0 unspecified atom stereocenters. The second-order valence-corrected chi connectivity index (χ2v) is 23.1. The van der Waals surface area contributed by atoms with Gasteiger partial charge in [-0.2, -0.15) is 0 Å². The van der Waals surface area contributed by atoms with E-state index in [4.69, 9.17) is 30.6 Å². The third-order valence-corrected chi connectivity index (χ3v) is 20.4. The molecule has 8 rings (SSSR count). The minimum atomic E-state index is -1.75. The van der Waals surface area contributed by atoms with Gasteiger partial charge in [-0.05, 0) is 98.8 Å². The zero-order chi connectivity index (χ0) is 45.2. The molecule has 8 nitrogen and oxygen atoms in total. The standard InChI is InChI=1S/2C26H24P2.2NO3.Pd/c2*1-5-13-23(14-6-1)27(24-15-7-2-8-16-24)21-22-28(25-17-9-3-10-18-25)26-19-11-4-12-20-26;2*2-1(3)4;/h2*1-20H,21-22H2;;;/q;;2*-1;+2. The number of rotatable bonds is 14. The van der Waals surface area contributed by atoms with Gasteiger partial charge in [0, 0.05) is 0 Å². The first-order valence-electron chi connectivity index (χ1n) is 20.4. The molecule has 0 heterocycles. The van der Waals surface area contributed by atoms with E-state index in [1.165, 1.54) is 67.1 Å². The quantitative estimate of drug-likeness (QED) is 0.0461. The van der Waals surface area contributed by atoms with E-state index in [2.05, 4.69) is 243 Å². The van der Waals surface area contributed by atoms with E-state index in [1.54, 1.807) is 0 Å². The van der Waals surface area contributed by atoms with Gasteiger partial charge in [0.25, 0.3) is 0 Å². The largest absolute Gasteiger partial charge is 2.00 e. The fraction of sp³-hybridized carbons (Fsp3) is 0.0769. The van der Waals surface area contributed by atoms with E-state index in [-0.39, 0.29) is 52.1 Å². The molecule has 0 spiro atoms. The SMILES string of the molecule is O=[N+]([O-])[O-].O=[N+]([O-])[O-].[Pd+2].c1ccc(P(CCP(c2ccccc2)c2ccccc2)c2ccccc2)cc1.c1ccc(P(CCP(c2ccccc2)c2ccccc2)c2ccccc2)cc1. The normalized spacial score (nSPS) is 10.3. The molecule has 0 saturated carbocycles. The Bertz CT molecular complexity index is 1980. The summed E-state index contributed by atoms with van der Waals surface area (Å²) in [6.45, 7) is 0. The van der Waals surface area contributed by atoms with E-state index < -0.39 is 10.2 Å². The maximum absolute atomic E-state index is 8.25. The summed E-state index contributed by atoms with van der Waals surface area (Å²) in [4.78, 5) is 16.5. The monoisotopic (exact) mass is 1030 g/mol. The predicted molar refractivity (Wildman–Crippen MR) is 276 cm³/mol. The summed E-state index contributed by atoms with van der Waals surface area (Å²) < 4.78 is 0. The molecule has 0 aliphatic carbocycles. The van der Waals surface area contributed by atoms with E-state index in [9.17, 15) is 0 Å². The average Bonchev–Trinajstić information content (AvgIpc) is 3.34. The summed E-state index contributed by atoms with van der Waals surface area (Å²) in [5.41, 5.74) is 0. The summed E-state index contributed by atoms with van der Waals surface area (Å²) >= 11 is 0. The van der Waals surface area contributed by atoms with Crippen LogP contribution < -0.4 is 42.4 Å². The Hall–Kier alpha value is -5.46. The molecular formula is C52H48N2O6P4Pd. The summed E-state index contributed by atoms with van der Waals surface area (Å²) in [6.07, 6.45) is 4.83. The third-order valence-electron chi connectivity index (χ3n) is 9.64. The van der Waals surface area contributed by atoms with Crippen LogP contribution in [0.5, 0.6) is 0 Å². The zero-order valence-electron chi connectivity index (χ0n) is 35.4. The Morgan fingerprint density at radius 1 is 0.246 bits per heavy atom. The van der Waals surface area contributed by atoms with Crippen molar-refractivity contribution in [1.82, 2.24) is 0 Å². The van der Waals surface area contributed by atoms with Gasteiger partial charge in [-0.15, -0.1) is 0 Å². The van der Waals surface area contributed by atoms with E-state index in [1.807, 2.05) is 0 Å². The van der Waals surface area contributed by atoms with Crippen molar-refractivity contribution in [3.8, 4) is 0 Å². The third kappa shape index (κ3) is 18.5. The van der Waals surface area contributed by atoms with Gasteiger partial charge in [0.15, 0.2) is 0 Å². The first-order valence-corrected chi connectivity index (χ1v) is 26.5. The molecule has 13 heteroatoms. The summed E-state index contributed by atoms with van der Waals surface area (Å²) in [5, 5.41) is 41.3. The van der Waals surface area contributed by atoms with Crippen molar-refractivity contribution in [1.29, 1.82) is 0 Å². The smallest absolute Gasteiger partial charge is 0.356 e. The van der Waals surface area contributed by atoms with E-state index in [0.29, 0.717) is 0 Å². The Labute approximate surface area is 400 Å². The number of hydrogen-bond donors (Lipinski definition) is 0. The molecular weight excluding hydrogens is 979 g/mol. The van der Waals surface area contributed by atoms with Crippen molar-refractivity contribution in [2.45, 2.75) is 0 Å². The van der Waals surface area contributed by atoms with Gasteiger partial charge in [0.1, 0.15) is 0 Å². The van der Waals surface area contributed by atoms with Gasteiger partial charge in [-0.25, -0.2) is 0 Å². The Morgan fingerprint density at radius 3 is 0.431 bits per heavy atom. The molecule has 0 atom stereocenters. The van der Waals surface area contributed by atoms with Gasteiger partial charge < -0.3 is 30.6 Å². The van der Waals surface area contributed by atoms with Crippen molar-refractivity contribution in [3.63, 3.8) is 0 Å². The van der Waals surface area contributed by atoms with Gasteiger partial charge in [0.2, 0.25) is 0 Å². The molecule has 332 valence electrons. The average molecular weight is 1030 g/mol. The maximum Gasteiger partial charge on any atom is 2.00 e. The van der Waals surface area contributed by atoms with Gasteiger partial charge in [0.05, 0.1) is 10.2 Å². The van der Waals surface area contributed by atoms with E-state index >= 15 is 0 Å². The van der Waals surface area contributed by atoms with Gasteiger partial charge in [-0.3, -0.25) is 0 Å². The summed E-state index contributed by atoms with van der Waals surface area (Å²) in [6, 6.07) is 88.4. The van der Waals surface area contributed by atoms with Crippen LogP contribution in [0, 0.1) is 30.6 Å². The Morgan fingerprint density at radius 2 is 0.338 bits per heavy atom. The molecule has 0 saturated heterocycles. The number of hydrogen-bond acceptors (Lipinski definition) is 6. The fourth-order valence-corrected chi connectivity index (χ4v) is 17.6. The van der Waals surface area contributed by atoms with Crippen molar-refractivity contribution >= 4 is 74.1 Å². The van der Waals surface area contributed by atoms with Crippen LogP contribution in [0.25, 0.3) is 0 Å². The maximum atomic E-state index is 8.25. The van der Waals surface area contributed by atoms with Crippen molar-refractivity contribution < 1.29 is 30.6 Å². The molecule has 0 N–H and O–H groups in total. The molecule has 8 aromatic carbocycles. The molecule has 0 fully saturated rings. The minimum Gasteiger partial charge on any atom is -0.356 e. The van der Waals surface area contributed by atoms with Crippen LogP contribution in [0.2, 0.25) is 0 Å². The first kappa shape index (κ1) is 52.2. The zero-order valence-corrected chi connectivity index (χ0v) is 40.5. The number of benzene rings is 8. The number of nitrogens with zero attached hydrogens (tertiary/aromatic N) is 2. The molecule has 0 aliphatic heterocycles. The van der Waals surface area contributed by atoms with Crippen molar-refractivity contribution in [3.05, 3.63) is 273 Å². The Kier molecular flexibility index (Phi) is 24.0. The van der Waals surface area contributed by atoms with Crippen LogP contribution in [0.4, 0.5) is 0 Å². The molecule has 65 heavy (non-hydrogen) atoms. The van der Waals surface area contributed by atoms with Crippen LogP contribution in [-0.4, -0.2) is 34.8 Å². The van der Waals surface area contributed by atoms with Crippen molar-refractivity contribution in [2.24, 2.45) is 0 Å². The van der Waals surface area contributed by atoms with Gasteiger partial charge >= 0.3 is 20.4 Å². The summed E-state index contributed by atoms with van der Waals surface area (Å²) in [5.74, 6) is 0. The first-order chi connectivity index (χ1) is 31.3. The molecule has 0 aliphatic rings. The minimum absolute atomic E-state index is 0. The molecule has 0 aromatic heterocycles. The Balaban J connectivity index is 0.000000241. The van der Waals surface area contributed by atoms with Crippen LogP contribution >= 0.6 is 31.7 Å². The predicted octanol–water partition coefficient (Wildman–Crippen LogP) is 10.0. The van der Waals surface area contributed by atoms with Crippen molar-refractivity contribution in [2.75, 3.05) is 24.6 Å². The van der Waals surface area contributed by atoms with Gasteiger partial charge in [-0.1, -0.05) is 243 Å². The molecule has 0 bridgehead atoms. The second kappa shape index (κ2) is 29.9. The van der Waals surface area contributed by atoms with Crippen LogP contribution in [0.3, 0.4) is 0 Å². The second-order valence-electron chi connectivity index (χ2n) is 13.7. The van der Waals surface area contributed by atoms with E-state index in [0.717, 1.165) is 0 Å². The molecule has 0 radical (unpaired) electrons. The fourth-order valence-electron chi connectivity index (χ4n) is 6.89. The molecule has 8 aromatic rings. The topological polar surface area (TPSA) is 132 Å². The van der Waals surface area contributed by atoms with Crippen LogP contribution in [-0.2, 0) is 20.4 Å².